The Morgan fingerprint density at radius 3 is 2.52 bits per heavy atom. The Kier molecular flexibility index (Phi) is 4.58. The van der Waals surface area contributed by atoms with Gasteiger partial charge in [-0.2, -0.15) is 0 Å². The largest absolute Gasteiger partial charge is 0.356 e. The lowest BCUT2D eigenvalue weighted by Gasteiger charge is -2.21. The van der Waals surface area contributed by atoms with Gasteiger partial charge in [-0.1, -0.05) is 24.3 Å². The van der Waals surface area contributed by atoms with Crippen LogP contribution in [0.3, 0.4) is 0 Å². The van der Waals surface area contributed by atoms with Crippen molar-refractivity contribution in [3.63, 3.8) is 0 Å². The van der Waals surface area contributed by atoms with E-state index < -0.39 is 0 Å². The third kappa shape index (κ3) is 3.40. The van der Waals surface area contributed by atoms with Gasteiger partial charge in [-0.05, 0) is 38.0 Å². The maximum atomic E-state index is 12.5. The SMILES string of the molecule is CCN(Cc1ccccc1C)C(=O)c1cc(C(C)=O)c[nH]1. The van der Waals surface area contributed by atoms with Crippen LogP contribution < -0.4 is 0 Å². The van der Waals surface area contributed by atoms with E-state index in [2.05, 4.69) is 4.98 Å². The Labute approximate surface area is 124 Å². The monoisotopic (exact) mass is 284 g/mol. The fourth-order valence-corrected chi connectivity index (χ4v) is 2.21. The molecule has 0 spiro atoms. The summed E-state index contributed by atoms with van der Waals surface area (Å²) in [6, 6.07) is 9.65. The van der Waals surface area contributed by atoms with Crippen molar-refractivity contribution >= 4 is 11.7 Å². The number of carbonyl (C=O) groups excluding carboxylic acids is 2. The molecular weight excluding hydrogens is 264 g/mol. The standard InChI is InChI=1S/C17H20N2O2/c1-4-19(11-14-8-6-5-7-12(14)2)17(21)16-9-15(10-18-16)13(3)20/h5-10,18H,4,11H2,1-3H3. The molecule has 2 rings (SSSR count). The highest BCUT2D eigenvalue weighted by molar-refractivity contribution is 5.99. The highest BCUT2D eigenvalue weighted by Gasteiger charge is 2.17. The fourth-order valence-electron chi connectivity index (χ4n) is 2.21. The third-order valence-electron chi connectivity index (χ3n) is 3.61. The van der Waals surface area contributed by atoms with Crippen molar-refractivity contribution in [1.29, 1.82) is 0 Å². The quantitative estimate of drug-likeness (QED) is 0.857. The van der Waals surface area contributed by atoms with E-state index in [4.69, 9.17) is 0 Å². The summed E-state index contributed by atoms with van der Waals surface area (Å²) >= 11 is 0. The first-order chi connectivity index (χ1) is 10.0. The number of aryl methyl sites for hydroxylation is 1. The van der Waals surface area contributed by atoms with Crippen molar-refractivity contribution in [2.24, 2.45) is 0 Å². The van der Waals surface area contributed by atoms with Crippen molar-refractivity contribution in [3.05, 3.63) is 58.9 Å². The van der Waals surface area contributed by atoms with Crippen molar-refractivity contribution in [2.75, 3.05) is 6.54 Å². The predicted molar refractivity (Wildman–Crippen MR) is 82.4 cm³/mol. The van der Waals surface area contributed by atoms with Gasteiger partial charge in [0.05, 0.1) is 0 Å². The van der Waals surface area contributed by atoms with Crippen molar-refractivity contribution in [1.82, 2.24) is 9.88 Å². The number of hydrogen-bond donors (Lipinski definition) is 1. The second-order valence-corrected chi connectivity index (χ2v) is 5.10. The van der Waals surface area contributed by atoms with E-state index in [1.54, 1.807) is 17.2 Å². The summed E-state index contributed by atoms with van der Waals surface area (Å²) in [7, 11) is 0. The molecule has 4 nitrogen and oxygen atoms in total. The lowest BCUT2D eigenvalue weighted by Crippen LogP contribution is -2.30. The zero-order valence-corrected chi connectivity index (χ0v) is 12.6. The summed E-state index contributed by atoms with van der Waals surface area (Å²) in [5.74, 6) is -0.138. The number of aromatic amines is 1. The maximum Gasteiger partial charge on any atom is 0.270 e. The molecule has 21 heavy (non-hydrogen) atoms. The number of rotatable bonds is 5. The lowest BCUT2D eigenvalue weighted by atomic mass is 10.1. The molecule has 1 amide bonds. The Balaban J connectivity index is 2.18. The first kappa shape index (κ1) is 15.0. The summed E-state index contributed by atoms with van der Waals surface area (Å²) in [6.45, 7) is 6.65. The molecule has 0 unspecified atom stereocenters. The second kappa shape index (κ2) is 6.39. The van der Waals surface area contributed by atoms with Crippen LogP contribution >= 0.6 is 0 Å². The Morgan fingerprint density at radius 1 is 1.24 bits per heavy atom. The summed E-state index contributed by atoms with van der Waals surface area (Å²) in [5.41, 5.74) is 3.28. The van der Waals surface area contributed by atoms with Crippen LogP contribution in [0.2, 0.25) is 0 Å². The van der Waals surface area contributed by atoms with Crippen LogP contribution in [0.1, 0.15) is 45.8 Å². The first-order valence-corrected chi connectivity index (χ1v) is 7.06. The van der Waals surface area contributed by atoms with E-state index in [1.807, 2.05) is 38.1 Å². The van der Waals surface area contributed by atoms with Gasteiger partial charge in [-0.15, -0.1) is 0 Å². The molecule has 0 radical (unpaired) electrons. The minimum Gasteiger partial charge on any atom is -0.356 e. The highest BCUT2D eigenvalue weighted by Crippen LogP contribution is 2.14. The van der Waals surface area contributed by atoms with Crippen LogP contribution in [0, 0.1) is 6.92 Å². The summed E-state index contributed by atoms with van der Waals surface area (Å²) < 4.78 is 0. The number of ketones is 1. The van der Waals surface area contributed by atoms with Crippen LogP contribution in [-0.4, -0.2) is 28.1 Å². The smallest absolute Gasteiger partial charge is 0.270 e. The highest BCUT2D eigenvalue weighted by atomic mass is 16.2. The lowest BCUT2D eigenvalue weighted by molar-refractivity contribution is 0.0747. The van der Waals surface area contributed by atoms with E-state index in [9.17, 15) is 9.59 Å². The van der Waals surface area contributed by atoms with Crippen LogP contribution in [0.5, 0.6) is 0 Å². The molecule has 0 aliphatic carbocycles. The molecule has 1 N–H and O–H groups in total. The van der Waals surface area contributed by atoms with Gasteiger partial charge in [0.15, 0.2) is 5.78 Å². The normalized spacial score (nSPS) is 10.4. The molecule has 0 fully saturated rings. The number of H-pyrrole nitrogens is 1. The minimum atomic E-state index is -0.0896. The van der Waals surface area contributed by atoms with Gasteiger partial charge in [0.1, 0.15) is 5.69 Å². The average Bonchev–Trinajstić information content (AvgIpc) is 2.96. The Bertz CT molecular complexity index is 658. The topological polar surface area (TPSA) is 53.2 Å². The summed E-state index contributed by atoms with van der Waals surface area (Å²) in [5, 5.41) is 0. The molecule has 0 saturated heterocycles. The van der Waals surface area contributed by atoms with Gasteiger partial charge in [0.25, 0.3) is 5.91 Å². The molecule has 1 aromatic carbocycles. The van der Waals surface area contributed by atoms with E-state index in [0.29, 0.717) is 24.3 Å². The molecule has 0 aliphatic rings. The van der Waals surface area contributed by atoms with Gasteiger partial charge in [0.2, 0.25) is 0 Å². The third-order valence-corrected chi connectivity index (χ3v) is 3.61. The summed E-state index contributed by atoms with van der Waals surface area (Å²) in [6.07, 6.45) is 1.58. The average molecular weight is 284 g/mol. The van der Waals surface area contributed by atoms with Gasteiger partial charge < -0.3 is 9.88 Å². The molecule has 2 aromatic rings. The Morgan fingerprint density at radius 2 is 1.95 bits per heavy atom. The van der Waals surface area contributed by atoms with Gasteiger partial charge >= 0.3 is 0 Å². The molecule has 1 aromatic heterocycles. The number of hydrogen-bond acceptors (Lipinski definition) is 2. The Hall–Kier alpha value is -2.36. The minimum absolute atomic E-state index is 0.0488. The zero-order valence-electron chi connectivity index (χ0n) is 12.6. The van der Waals surface area contributed by atoms with Crippen molar-refractivity contribution < 1.29 is 9.59 Å². The number of Topliss-reactive ketones (excluding diaryl/α,β-unsaturated/α-hetero) is 1. The number of aromatic nitrogens is 1. The summed E-state index contributed by atoms with van der Waals surface area (Å²) in [4.78, 5) is 28.5. The number of benzene rings is 1. The first-order valence-electron chi connectivity index (χ1n) is 7.06. The molecule has 110 valence electrons. The van der Waals surface area contributed by atoms with E-state index in [1.165, 1.54) is 12.5 Å². The predicted octanol–water partition coefficient (Wildman–Crippen LogP) is 3.19. The second-order valence-electron chi connectivity index (χ2n) is 5.10. The van der Waals surface area contributed by atoms with Crippen LogP contribution in [-0.2, 0) is 6.54 Å². The fraction of sp³-hybridized carbons (Fsp3) is 0.294. The molecule has 0 saturated carbocycles. The van der Waals surface area contributed by atoms with E-state index in [-0.39, 0.29) is 11.7 Å². The van der Waals surface area contributed by atoms with E-state index in [0.717, 1.165) is 5.56 Å². The number of nitrogens with one attached hydrogen (secondary N) is 1. The van der Waals surface area contributed by atoms with Crippen LogP contribution in [0.15, 0.2) is 36.5 Å². The van der Waals surface area contributed by atoms with Crippen molar-refractivity contribution in [3.8, 4) is 0 Å². The zero-order chi connectivity index (χ0) is 15.4. The number of amides is 1. The van der Waals surface area contributed by atoms with Crippen LogP contribution in [0.4, 0.5) is 0 Å². The molecule has 0 bridgehead atoms. The molecular formula is C17H20N2O2. The maximum absolute atomic E-state index is 12.5. The molecule has 0 atom stereocenters. The van der Waals surface area contributed by atoms with E-state index >= 15 is 0 Å². The van der Waals surface area contributed by atoms with Gasteiger partial charge in [0, 0.05) is 24.8 Å². The number of carbonyl (C=O) groups is 2. The van der Waals surface area contributed by atoms with Gasteiger partial charge in [-0.3, -0.25) is 9.59 Å². The van der Waals surface area contributed by atoms with Crippen LogP contribution in [0.25, 0.3) is 0 Å². The molecule has 4 heteroatoms. The molecule has 1 heterocycles. The van der Waals surface area contributed by atoms with Crippen molar-refractivity contribution in [2.45, 2.75) is 27.3 Å². The molecule has 0 aliphatic heterocycles. The van der Waals surface area contributed by atoms with Gasteiger partial charge in [-0.25, -0.2) is 0 Å². The number of nitrogens with zero attached hydrogens (tertiary/aromatic N) is 1.